The standard InChI is InChI=1S/C24H27NO4/c1-16-13-19(26)18(15-25-11-7-3-4-8-12-25)24-22(16)23(27)21(29-24)14-17-9-5-6-10-20(17)28-2/h5-6,9-10,13-14,26H,3-4,7-8,11-12,15H2,1-2H3/b21-14-. The molecule has 5 heteroatoms. The van der Waals surface area contributed by atoms with E-state index in [1.54, 1.807) is 19.3 Å². The van der Waals surface area contributed by atoms with Crippen LogP contribution in [0.15, 0.2) is 36.1 Å². The number of methoxy groups -OCH3 is 1. The van der Waals surface area contributed by atoms with Crippen molar-refractivity contribution in [2.45, 2.75) is 39.2 Å². The summed E-state index contributed by atoms with van der Waals surface area (Å²) < 4.78 is 11.4. The maximum absolute atomic E-state index is 13.1. The summed E-state index contributed by atoms with van der Waals surface area (Å²) in [4.78, 5) is 15.4. The summed E-state index contributed by atoms with van der Waals surface area (Å²) in [5.41, 5.74) is 2.76. The highest BCUT2D eigenvalue weighted by molar-refractivity contribution is 6.16. The monoisotopic (exact) mass is 393 g/mol. The van der Waals surface area contributed by atoms with Crippen LogP contribution in [-0.4, -0.2) is 36.0 Å². The summed E-state index contributed by atoms with van der Waals surface area (Å²) in [6.45, 7) is 4.42. The van der Waals surface area contributed by atoms with Gasteiger partial charge in [-0.3, -0.25) is 9.69 Å². The van der Waals surface area contributed by atoms with Gasteiger partial charge >= 0.3 is 0 Å². The van der Waals surface area contributed by atoms with E-state index >= 15 is 0 Å². The molecule has 0 atom stereocenters. The summed E-state index contributed by atoms with van der Waals surface area (Å²) >= 11 is 0. The first kappa shape index (κ1) is 19.5. The Hall–Kier alpha value is -2.79. The molecule has 0 radical (unpaired) electrons. The number of aryl methyl sites for hydroxylation is 1. The Bertz CT molecular complexity index is 956. The number of allylic oxidation sites excluding steroid dienone is 1. The fraction of sp³-hybridized carbons (Fsp3) is 0.375. The van der Waals surface area contributed by atoms with E-state index in [2.05, 4.69) is 4.90 Å². The average molecular weight is 393 g/mol. The fourth-order valence-corrected chi connectivity index (χ4v) is 4.18. The number of phenols is 1. The number of aromatic hydroxyl groups is 1. The van der Waals surface area contributed by atoms with Crippen molar-refractivity contribution in [3.8, 4) is 17.2 Å². The highest BCUT2D eigenvalue weighted by Gasteiger charge is 2.34. The number of carbonyl (C=O) groups excluding carboxylic acids is 1. The van der Waals surface area contributed by atoms with Gasteiger partial charge in [-0.2, -0.15) is 0 Å². The minimum atomic E-state index is -0.152. The van der Waals surface area contributed by atoms with Gasteiger partial charge in [0, 0.05) is 12.1 Å². The number of ether oxygens (including phenoxy) is 2. The molecule has 1 N–H and O–H groups in total. The lowest BCUT2D eigenvalue weighted by molar-refractivity contribution is 0.101. The van der Waals surface area contributed by atoms with Crippen LogP contribution < -0.4 is 9.47 Å². The van der Waals surface area contributed by atoms with E-state index in [1.165, 1.54) is 12.8 Å². The molecule has 4 rings (SSSR count). The van der Waals surface area contributed by atoms with Crippen molar-refractivity contribution in [1.82, 2.24) is 4.90 Å². The first-order valence-electron chi connectivity index (χ1n) is 10.2. The van der Waals surface area contributed by atoms with Gasteiger partial charge in [0.05, 0.1) is 18.2 Å². The molecule has 5 nitrogen and oxygen atoms in total. The van der Waals surface area contributed by atoms with Crippen molar-refractivity contribution in [2.24, 2.45) is 0 Å². The molecule has 2 aliphatic rings. The molecule has 152 valence electrons. The number of hydrogen-bond acceptors (Lipinski definition) is 5. The normalized spacial score (nSPS) is 18.4. The van der Waals surface area contributed by atoms with Crippen LogP contribution in [0, 0.1) is 6.92 Å². The first-order chi connectivity index (χ1) is 14.1. The zero-order chi connectivity index (χ0) is 20.4. The molecule has 29 heavy (non-hydrogen) atoms. The summed E-state index contributed by atoms with van der Waals surface area (Å²) in [5.74, 6) is 1.47. The van der Waals surface area contributed by atoms with Crippen LogP contribution in [0.1, 0.15) is 52.7 Å². The van der Waals surface area contributed by atoms with Gasteiger partial charge in [0.2, 0.25) is 5.78 Å². The molecule has 1 saturated heterocycles. The smallest absolute Gasteiger partial charge is 0.232 e. The van der Waals surface area contributed by atoms with Crippen molar-refractivity contribution >= 4 is 11.9 Å². The average Bonchev–Trinajstić information content (AvgIpc) is 2.88. The Morgan fingerprint density at radius 1 is 1.17 bits per heavy atom. The Labute approximate surface area is 171 Å². The lowest BCUT2D eigenvalue weighted by Gasteiger charge is -2.22. The molecule has 0 unspecified atom stereocenters. The summed E-state index contributed by atoms with van der Waals surface area (Å²) in [6, 6.07) is 9.19. The zero-order valence-electron chi connectivity index (χ0n) is 17.0. The third kappa shape index (κ3) is 3.87. The molecule has 1 fully saturated rings. The van der Waals surface area contributed by atoms with Gasteiger partial charge in [0.1, 0.15) is 17.2 Å². The van der Waals surface area contributed by atoms with Gasteiger partial charge < -0.3 is 14.6 Å². The third-order valence-electron chi connectivity index (χ3n) is 5.73. The molecule has 2 aliphatic heterocycles. The van der Waals surface area contributed by atoms with E-state index in [1.807, 2.05) is 31.2 Å². The molecular formula is C24H27NO4. The number of para-hydroxylation sites is 1. The molecule has 2 aromatic rings. The number of hydrogen-bond donors (Lipinski definition) is 1. The van der Waals surface area contributed by atoms with Crippen LogP contribution in [0.3, 0.4) is 0 Å². The Balaban J connectivity index is 1.70. The van der Waals surface area contributed by atoms with Gasteiger partial charge in [-0.05, 0) is 56.6 Å². The topological polar surface area (TPSA) is 59.0 Å². The van der Waals surface area contributed by atoms with Crippen LogP contribution in [0.25, 0.3) is 6.08 Å². The molecule has 0 spiro atoms. The first-order valence-corrected chi connectivity index (χ1v) is 10.2. The molecule has 2 heterocycles. The van der Waals surface area contributed by atoms with Crippen LogP contribution in [-0.2, 0) is 6.54 Å². The van der Waals surface area contributed by atoms with E-state index in [9.17, 15) is 9.90 Å². The summed E-state index contributed by atoms with van der Waals surface area (Å²) in [6.07, 6.45) is 6.53. The SMILES string of the molecule is COc1ccccc1/C=C1\Oc2c(CN3CCCCCC3)c(O)cc(C)c2C1=O. The fourth-order valence-electron chi connectivity index (χ4n) is 4.18. The maximum atomic E-state index is 13.1. The van der Waals surface area contributed by atoms with Gasteiger partial charge in [-0.25, -0.2) is 0 Å². The number of phenolic OH excluding ortho intramolecular Hbond substituents is 1. The second kappa shape index (κ2) is 8.29. The number of rotatable bonds is 4. The lowest BCUT2D eigenvalue weighted by atomic mass is 9.99. The number of ketones is 1. The number of nitrogens with zero attached hydrogens (tertiary/aromatic N) is 1. The van der Waals surface area contributed by atoms with E-state index in [0.29, 0.717) is 29.2 Å². The highest BCUT2D eigenvalue weighted by Crippen LogP contribution is 2.42. The second-order valence-electron chi connectivity index (χ2n) is 7.77. The molecule has 0 bridgehead atoms. The number of likely N-dealkylation sites (tertiary alicyclic amines) is 1. The van der Waals surface area contributed by atoms with Crippen molar-refractivity contribution in [3.63, 3.8) is 0 Å². The van der Waals surface area contributed by atoms with Crippen LogP contribution in [0.2, 0.25) is 0 Å². The molecule has 2 aromatic carbocycles. The number of benzene rings is 2. The van der Waals surface area contributed by atoms with E-state index in [0.717, 1.165) is 37.1 Å². The molecular weight excluding hydrogens is 366 g/mol. The lowest BCUT2D eigenvalue weighted by Crippen LogP contribution is -2.24. The number of Topliss-reactive ketones (excluding diaryl/α,β-unsaturated/α-hetero) is 1. The maximum Gasteiger partial charge on any atom is 0.232 e. The number of fused-ring (bicyclic) bond motifs is 1. The van der Waals surface area contributed by atoms with Gasteiger partial charge in [-0.1, -0.05) is 31.0 Å². The van der Waals surface area contributed by atoms with Gasteiger partial charge in [0.15, 0.2) is 5.76 Å². The summed E-state index contributed by atoms with van der Waals surface area (Å²) in [7, 11) is 1.60. The van der Waals surface area contributed by atoms with Crippen molar-refractivity contribution in [1.29, 1.82) is 0 Å². The van der Waals surface area contributed by atoms with Crippen molar-refractivity contribution in [3.05, 3.63) is 58.3 Å². The van der Waals surface area contributed by atoms with Gasteiger partial charge in [0.25, 0.3) is 0 Å². The van der Waals surface area contributed by atoms with E-state index in [-0.39, 0.29) is 17.3 Å². The van der Waals surface area contributed by atoms with Crippen LogP contribution >= 0.6 is 0 Å². The van der Waals surface area contributed by atoms with Crippen molar-refractivity contribution in [2.75, 3.05) is 20.2 Å². The Morgan fingerprint density at radius 2 is 1.90 bits per heavy atom. The molecule has 0 amide bonds. The predicted octanol–water partition coefficient (Wildman–Crippen LogP) is 4.70. The summed E-state index contributed by atoms with van der Waals surface area (Å²) in [5, 5.41) is 10.6. The Morgan fingerprint density at radius 3 is 2.62 bits per heavy atom. The Kier molecular flexibility index (Phi) is 5.58. The second-order valence-corrected chi connectivity index (χ2v) is 7.77. The van der Waals surface area contributed by atoms with Crippen molar-refractivity contribution < 1.29 is 19.4 Å². The quantitative estimate of drug-likeness (QED) is 0.763. The molecule has 0 aliphatic carbocycles. The minimum Gasteiger partial charge on any atom is -0.507 e. The minimum absolute atomic E-state index is 0.152. The third-order valence-corrected chi connectivity index (χ3v) is 5.73. The number of carbonyl (C=O) groups is 1. The molecule has 0 saturated carbocycles. The predicted molar refractivity (Wildman–Crippen MR) is 113 cm³/mol. The largest absolute Gasteiger partial charge is 0.507 e. The zero-order valence-corrected chi connectivity index (χ0v) is 17.0. The molecule has 0 aromatic heterocycles. The van der Waals surface area contributed by atoms with Crippen LogP contribution in [0.5, 0.6) is 17.2 Å². The van der Waals surface area contributed by atoms with Gasteiger partial charge in [-0.15, -0.1) is 0 Å². The van der Waals surface area contributed by atoms with Crippen LogP contribution in [0.4, 0.5) is 0 Å². The van der Waals surface area contributed by atoms with E-state index < -0.39 is 0 Å². The van der Waals surface area contributed by atoms with E-state index in [4.69, 9.17) is 9.47 Å². The highest BCUT2D eigenvalue weighted by atomic mass is 16.5.